The van der Waals surface area contributed by atoms with Crippen LogP contribution in [0.15, 0.2) is 41.6 Å². The lowest BCUT2D eigenvalue weighted by Crippen LogP contribution is -2.14. The van der Waals surface area contributed by atoms with E-state index in [0.29, 0.717) is 35.1 Å². The van der Waals surface area contributed by atoms with Gasteiger partial charge in [0.25, 0.3) is 5.56 Å². The molecule has 0 atom stereocenters. The molecule has 0 aliphatic heterocycles. The van der Waals surface area contributed by atoms with Crippen molar-refractivity contribution in [2.45, 2.75) is 13.5 Å². The van der Waals surface area contributed by atoms with E-state index in [0.717, 1.165) is 10.9 Å². The predicted molar refractivity (Wildman–Crippen MR) is 96.5 cm³/mol. The van der Waals surface area contributed by atoms with Crippen molar-refractivity contribution < 1.29 is 0 Å². The second kappa shape index (κ2) is 6.36. The third-order valence-corrected chi connectivity index (χ3v) is 4.08. The molecule has 0 spiro atoms. The molecule has 0 unspecified atom stereocenters. The van der Waals surface area contributed by atoms with Gasteiger partial charge in [-0.1, -0.05) is 18.2 Å². The number of fused-ring (bicyclic) bond motifs is 1. The van der Waals surface area contributed by atoms with Crippen LogP contribution in [0.2, 0.25) is 0 Å². The Hall–Kier alpha value is -3.62. The highest BCUT2D eigenvalue weighted by molar-refractivity contribution is 5.83. The van der Waals surface area contributed by atoms with Gasteiger partial charge in [-0.05, 0) is 18.6 Å². The van der Waals surface area contributed by atoms with E-state index in [1.165, 1.54) is 6.33 Å². The van der Waals surface area contributed by atoms with Crippen LogP contribution in [0.5, 0.6) is 0 Å². The van der Waals surface area contributed by atoms with Crippen molar-refractivity contribution >= 4 is 16.7 Å². The summed E-state index contributed by atoms with van der Waals surface area (Å²) in [6.07, 6.45) is 3.22. The summed E-state index contributed by atoms with van der Waals surface area (Å²) in [6.45, 7) is 2.30. The number of anilines is 1. The van der Waals surface area contributed by atoms with Gasteiger partial charge in [0.05, 0.1) is 17.6 Å². The maximum Gasteiger partial charge on any atom is 0.272 e. The number of H-pyrrole nitrogens is 1. The zero-order valence-electron chi connectivity index (χ0n) is 14.3. The summed E-state index contributed by atoms with van der Waals surface area (Å²) in [4.78, 5) is 25.0. The van der Waals surface area contributed by atoms with Crippen molar-refractivity contribution in [3.05, 3.63) is 58.4 Å². The quantitative estimate of drug-likeness (QED) is 0.573. The van der Waals surface area contributed by atoms with Gasteiger partial charge in [-0.25, -0.2) is 24.7 Å². The zero-order chi connectivity index (χ0) is 18.1. The Bertz CT molecular complexity index is 1150. The molecule has 2 N–H and O–H groups in total. The van der Waals surface area contributed by atoms with Gasteiger partial charge in [0.15, 0.2) is 5.82 Å². The van der Waals surface area contributed by atoms with E-state index in [2.05, 4.69) is 35.6 Å². The first-order chi connectivity index (χ1) is 12.6. The Morgan fingerprint density at radius 1 is 1.19 bits per heavy atom. The van der Waals surface area contributed by atoms with Crippen molar-refractivity contribution in [3.8, 4) is 11.5 Å². The minimum absolute atomic E-state index is 0.208. The van der Waals surface area contributed by atoms with E-state index in [-0.39, 0.29) is 5.56 Å². The fraction of sp³-hybridized carbons (Fsp3) is 0.176. The van der Waals surface area contributed by atoms with Crippen LogP contribution >= 0.6 is 0 Å². The number of hydrogen-bond donors (Lipinski definition) is 2. The Morgan fingerprint density at radius 3 is 2.77 bits per heavy atom. The van der Waals surface area contributed by atoms with Crippen LogP contribution in [0.25, 0.3) is 22.3 Å². The summed E-state index contributed by atoms with van der Waals surface area (Å²) in [5.41, 5.74) is 2.12. The molecule has 9 heteroatoms. The lowest BCUT2D eigenvalue weighted by molar-refractivity contribution is 0.770. The molecule has 4 aromatic rings. The second-order valence-corrected chi connectivity index (χ2v) is 5.83. The minimum atomic E-state index is -0.208. The van der Waals surface area contributed by atoms with Crippen LogP contribution in [0.3, 0.4) is 0 Å². The van der Waals surface area contributed by atoms with E-state index in [1.807, 2.05) is 32.2 Å². The maximum absolute atomic E-state index is 11.9. The van der Waals surface area contributed by atoms with Crippen molar-refractivity contribution in [3.63, 3.8) is 0 Å². The molecule has 0 saturated carbocycles. The average Bonchev–Trinajstić information content (AvgIpc) is 3.08. The molecule has 0 saturated heterocycles. The van der Waals surface area contributed by atoms with E-state index >= 15 is 0 Å². The Labute approximate surface area is 148 Å². The second-order valence-electron chi connectivity index (χ2n) is 5.83. The summed E-state index contributed by atoms with van der Waals surface area (Å²) < 4.78 is 1.66. The fourth-order valence-electron chi connectivity index (χ4n) is 2.73. The highest BCUT2D eigenvalue weighted by atomic mass is 16.1. The van der Waals surface area contributed by atoms with Crippen LogP contribution in [0.4, 0.5) is 5.95 Å². The molecule has 0 bridgehead atoms. The smallest absolute Gasteiger partial charge is 0.272 e. The largest absolute Gasteiger partial charge is 0.348 e. The van der Waals surface area contributed by atoms with Crippen LogP contribution in [0, 0.1) is 6.92 Å². The highest BCUT2D eigenvalue weighted by Crippen LogP contribution is 2.19. The first-order valence-corrected chi connectivity index (χ1v) is 8.01. The molecule has 26 heavy (non-hydrogen) atoms. The molecule has 1 aromatic carbocycles. The molecular weight excluding hydrogens is 332 g/mol. The number of aromatic nitrogens is 7. The van der Waals surface area contributed by atoms with E-state index in [9.17, 15) is 4.79 Å². The first-order valence-electron chi connectivity index (χ1n) is 8.01. The van der Waals surface area contributed by atoms with Crippen LogP contribution in [-0.4, -0.2) is 34.9 Å². The number of nitrogens with one attached hydrogen (secondary N) is 2. The molecule has 0 fully saturated rings. The average molecular weight is 348 g/mol. The lowest BCUT2D eigenvalue weighted by Gasteiger charge is -2.09. The molecule has 4 rings (SSSR count). The van der Waals surface area contributed by atoms with E-state index < -0.39 is 0 Å². The van der Waals surface area contributed by atoms with Crippen molar-refractivity contribution in [1.29, 1.82) is 0 Å². The van der Waals surface area contributed by atoms with Crippen LogP contribution < -0.4 is 10.9 Å². The normalized spacial score (nSPS) is 11.0. The molecule has 130 valence electrons. The molecule has 3 aromatic heterocycles. The summed E-state index contributed by atoms with van der Waals surface area (Å²) in [5, 5.41) is 15.3. The summed E-state index contributed by atoms with van der Waals surface area (Å²) in [5.74, 6) is 1.12. The Morgan fingerprint density at radius 2 is 2.00 bits per heavy atom. The SMILES string of the molecule is Cc1cnc(NCc2n[nH]c(=O)c3ccccc23)nc1-c1ncnn1C. The standard InChI is InChI=1S/C17H16N8O/c1-10-7-18-17(22-14(10)15-20-9-21-25(15)2)19-8-13-11-5-3-4-6-12(11)16(26)24-23-13/h3-7,9H,8H2,1-2H3,(H,24,26)(H,18,19,22). The number of nitrogens with zero attached hydrogens (tertiary/aromatic N) is 6. The Kier molecular flexibility index (Phi) is 3.88. The monoisotopic (exact) mass is 348 g/mol. The lowest BCUT2D eigenvalue weighted by atomic mass is 10.1. The zero-order valence-corrected chi connectivity index (χ0v) is 14.3. The molecule has 0 aliphatic rings. The molecule has 3 heterocycles. The van der Waals surface area contributed by atoms with Crippen LogP contribution in [-0.2, 0) is 13.6 Å². The van der Waals surface area contributed by atoms with Gasteiger partial charge in [-0.2, -0.15) is 10.2 Å². The van der Waals surface area contributed by atoms with Gasteiger partial charge in [-0.3, -0.25) is 4.79 Å². The first kappa shape index (κ1) is 15.9. The topological polar surface area (TPSA) is 114 Å². The van der Waals surface area contributed by atoms with Crippen molar-refractivity contribution in [2.24, 2.45) is 7.05 Å². The number of aryl methyl sites for hydroxylation is 2. The molecule has 0 radical (unpaired) electrons. The molecule has 9 nitrogen and oxygen atoms in total. The van der Waals surface area contributed by atoms with Gasteiger partial charge >= 0.3 is 0 Å². The van der Waals surface area contributed by atoms with Gasteiger partial charge in [0.1, 0.15) is 12.0 Å². The molecule has 0 aliphatic carbocycles. The van der Waals surface area contributed by atoms with Crippen LogP contribution in [0.1, 0.15) is 11.3 Å². The number of aromatic amines is 1. The third-order valence-electron chi connectivity index (χ3n) is 4.08. The summed E-state index contributed by atoms with van der Waals surface area (Å²) >= 11 is 0. The highest BCUT2D eigenvalue weighted by Gasteiger charge is 2.12. The minimum Gasteiger partial charge on any atom is -0.348 e. The fourth-order valence-corrected chi connectivity index (χ4v) is 2.73. The molecular formula is C17H16N8O. The summed E-state index contributed by atoms with van der Waals surface area (Å²) in [7, 11) is 1.81. The summed E-state index contributed by atoms with van der Waals surface area (Å²) in [6, 6.07) is 7.34. The predicted octanol–water partition coefficient (Wildman–Crippen LogP) is 1.43. The van der Waals surface area contributed by atoms with E-state index in [1.54, 1.807) is 16.9 Å². The van der Waals surface area contributed by atoms with Gasteiger partial charge in [-0.15, -0.1) is 0 Å². The number of rotatable bonds is 4. The number of hydrogen-bond acceptors (Lipinski definition) is 7. The van der Waals surface area contributed by atoms with Gasteiger partial charge in [0.2, 0.25) is 5.95 Å². The van der Waals surface area contributed by atoms with Crippen molar-refractivity contribution in [1.82, 2.24) is 34.9 Å². The number of benzene rings is 1. The van der Waals surface area contributed by atoms with Gasteiger partial charge < -0.3 is 5.32 Å². The third kappa shape index (κ3) is 2.79. The molecule has 0 amide bonds. The van der Waals surface area contributed by atoms with Crippen molar-refractivity contribution in [2.75, 3.05) is 5.32 Å². The van der Waals surface area contributed by atoms with E-state index in [4.69, 9.17) is 0 Å². The Balaban J connectivity index is 1.65. The van der Waals surface area contributed by atoms with Gasteiger partial charge in [0, 0.05) is 18.6 Å². The maximum atomic E-state index is 11.9.